The summed E-state index contributed by atoms with van der Waals surface area (Å²) in [7, 11) is 0. The van der Waals surface area contributed by atoms with Crippen LogP contribution in [0.25, 0.3) is 0 Å². The molecule has 0 bridgehead atoms. The number of nitrogens with two attached hydrogens (primary N) is 1. The second kappa shape index (κ2) is 4.60. The average Bonchev–Trinajstić information content (AvgIpc) is 2.74. The quantitative estimate of drug-likeness (QED) is 0.691. The minimum absolute atomic E-state index is 0.0455. The molecule has 0 aliphatic rings. The number of anilines is 1. The van der Waals surface area contributed by atoms with Gasteiger partial charge >= 0.3 is 0 Å². The fraction of sp³-hybridized carbons (Fsp3) is 0.200. The summed E-state index contributed by atoms with van der Waals surface area (Å²) >= 11 is 0. The predicted molar refractivity (Wildman–Crippen MR) is 60.9 cm³/mol. The van der Waals surface area contributed by atoms with Crippen LogP contribution in [-0.2, 0) is 6.54 Å². The van der Waals surface area contributed by atoms with Crippen molar-refractivity contribution in [3.8, 4) is 0 Å². The van der Waals surface area contributed by atoms with Gasteiger partial charge < -0.3 is 11.1 Å². The van der Waals surface area contributed by atoms with Gasteiger partial charge in [-0.1, -0.05) is 6.07 Å². The van der Waals surface area contributed by atoms with Gasteiger partial charge in [0.25, 0.3) is 5.91 Å². The maximum absolute atomic E-state index is 11.6. The van der Waals surface area contributed by atoms with Crippen molar-refractivity contribution in [2.24, 2.45) is 0 Å². The lowest BCUT2D eigenvalue weighted by atomic mass is 10.2. The Morgan fingerprint density at radius 3 is 3.06 bits per heavy atom. The lowest BCUT2D eigenvalue weighted by molar-refractivity contribution is 0.0940. The summed E-state index contributed by atoms with van der Waals surface area (Å²) in [5, 5.41) is 8.69. The Morgan fingerprint density at radius 1 is 1.59 bits per heavy atom. The Bertz CT molecular complexity index is 535. The summed E-state index contributed by atoms with van der Waals surface area (Å²) in [6.45, 7) is 2.27. The molecule has 0 fully saturated rings. The van der Waals surface area contributed by atoms with E-state index < -0.39 is 0 Å². The first-order valence-electron chi connectivity index (χ1n) is 5.03. The number of nitrogens with one attached hydrogen (secondary N) is 2. The highest BCUT2D eigenvalue weighted by molar-refractivity contribution is 5.90. The second-order valence-electron chi connectivity index (χ2n) is 3.49. The molecule has 7 nitrogen and oxygen atoms in total. The van der Waals surface area contributed by atoms with Crippen LogP contribution in [0.5, 0.6) is 0 Å². The van der Waals surface area contributed by atoms with E-state index in [1.807, 2.05) is 19.1 Å². The number of H-pyrrole nitrogens is 1. The van der Waals surface area contributed by atoms with Crippen LogP contribution in [0.4, 0.5) is 5.95 Å². The average molecular weight is 232 g/mol. The van der Waals surface area contributed by atoms with Crippen LogP contribution in [0.15, 0.2) is 18.3 Å². The van der Waals surface area contributed by atoms with Gasteiger partial charge in [-0.3, -0.25) is 14.9 Å². The largest absolute Gasteiger partial charge is 0.366 e. The SMILES string of the molecule is Cc1cccnc1CNC(=O)c1nc(N)n[nH]1. The Balaban J connectivity index is 1.99. The zero-order chi connectivity index (χ0) is 12.3. The van der Waals surface area contributed by atoms with E-state index in [-0.39, 0.29) is 17.7 Å². The molecule has 2 rings (SSSR count). The lowest BCUT2D eigenvalue weighted by Gasteiger charge is -2.04. The first kappa shape index (κ1) is 11.1. The molecule has 1 amide bonds. The number of aromatic nitrogens is 4. The number of hydrogen-bond acceptors (Lipinski definition) is 5. The van der Waals surface area contributed by atoms with Crippen molar-refractivity contribution in [1.82, 2.24) is 25.5 Å². The van der Waals surface area contributed by atoms with E-state index in [9.17, 15) is 4.79 Å². The van der Waals surface area contributed by atoms with Gasteiger partial charge in [-0.15, -0.1) is 5.10 Å². The Hall–Kier alpha value is -2.44. The fourth-order valence-electron chi connectivity index (χ4n) is 1.33. The van der Waals surface area contributed by atoms with Crippen LogP contribution in [0.1, 0.15) is 21.9 Å². The number of nitrogen functional groups attached to an aromatic ring is 1. The molecule has 0 unspecified atom stereocenters. The molecule has 0 radical (unpaired) electrons. The Morgan fingerprint density at radius 2 is 2.41 bits per heavy atom. The number of pyridine rings is 1. The third-order valence-corrected chi connectivity index (χ3v) is 2.25. The van der Waals surface area contributed by atoms with E-state index in [2.05, 4.69) is 25.5 Å². The van der Waals surface area contributed by atoms with Crippen molar-refractivity contribution in [2.75, 3.05) is 5.73 Å². The molecule has 88 valence electrons. The van der Waals surface area contributed by atoms with Crippen LogP contribution in [0.3, 0.4) is 0 Å². The molecule has 2 aromatic heterocycles. The summed E-state index contributed by atoms with van der Waals surface area (Å²) in [5.74, 6) is -0.223. The number of carbonyl (C=O) groups excluding carboxylic acids is 1. The summed E-state index contributed by atoms with van der Waals surface area (Å²) in [5.41, 5.74) is 7.13. The van der Waals surface area contributed by atoms with Crippen molar-refractivity contribution in [2.45, 2.75) is 13.5 Å². The summed E-state index contributed by atoms with van der Waals surface area (Å²) in [6, 6.07) is 3.78. The number of aryl methyl sites for hydroxylation is 1. The van der Waals surface area contributed by atoms with Gasteiger partial charge in [-0.05, 0) is 18.6 Å². The van der Waals surface area contributed by atoms with Crippen molar-refractivity contribution in [3.63, 3.8) is 0 Å². The minimum atomic E-state index is -0.362. The molecular weight excluding hydrogens is 220 g/mol. The van der Waals surface area contributed by atoms with Gasteiger partial charge in [0.1, 0.15) is 0 Å². The number of carbonyl (C=O) groups is 1. The van der Waals surface area contributed by atoms with Crippen LogP contribution < -0.4 is 11.1 Å². The van der Waals surface area contributed by atoms with Crippen LogP contribution >= 0.6 is 0 Å². The number of hydrogen-bond donors (Lipinski definition) is 3. The van der Waals surface area contributed by atoms with Crippen molar-refractivity contribution >= 4 is 11.9 Å². The molecule has 0 atom stereocenters. The number of aromatic amines is 1. The normalized spacial score (nSPS) is 10.2. The first-order valence-corrected chi connectivity index (χ1v) is 5.03. The molecule has 0 saturated heterocycles. The van der Waals surface area contributed by atoms with Crippen molar-refractivity contribution < 1.29 is 4.79 Å². The van der Waals surface area contributed by atoms with Gasteiger partial charge in [0.2, 0.25) is 11.8 Å². The Labute approximate surface area is 97.5 Å². The highest BCUT2D eigenvalue weighted by Gasteiger charge is 2.10. The van der Waals surface area contributed by atoms with E-state index in [4.69, 9.17) is 5.73 Å². The molecule has 17 heavy (non-hydrogen) atoms. The third-order valence-electron chi connectivity index (χ3n) is 2.25. The second-order valence-corrected chi connectivity index (χ2v) is 3.49. The number of rotatable bonds is 3. The highest BCUT2D eigenvalue weighted by atomic mass is 16.2. The zero-order valence-electron chi connectivity index (χ0n) is 9.27. The zero-order valence-corrected chi connectivity index (χ0v) is 9.27. The monoisotopic (exact) mass is 232 g/mol. The van der Waals surface area contributed by atoms with E-state index in [0.29, 0.717) is 6.54 Å². The summed E-state index contributed by atoms with van der Waals surface area (Å²) in [6.07, 6.45) is 1.68. The van der Waals surface area contributed by atoms with E-state index in [0.717, 1.165) is 11.3 Å². The van der Waals surface area contributed by atoms with E-state index in [1.165, 1.54) is 0 Å². The van der Waals surface area contributed by atoms with E-state index in [1.54, 1.807) is 6.20 Å². The maximum Gasteiger partial charge on any atom is 0.288 e. The first-order chi connectivity index (χ1) is 8.16. The van der Waals surface area contributed by atoms with Gasteiger partial charge in [-0.25, -0.2) is 0 Å². The standard InChI is InChI=1S/C10H12N6O/c1-6-3-2-4-12-7(6)5-13-9(17)8-14-10(11)16-15-8/h2-4H,5H2,1H3,(H,13,17)(H3,11,14,15,16). The molecule has 4 N–H and O–H groups in total. The van der Waals surface area contributed by atoms with Gasteiger partial charge in [0.15, 0.2) is 0 Å². The maximum atomic E-state index is 11.6. The van der Waals surface area contributed by atoms with Gasteiger partial charge in [0, 0.05) is 6.20 Å². The molecular formula is C10H12N6O. The van der Waals surface area contributed by atoms with E-state index >= 15 is 0 Å². The highest BCUT2D eigenvalue weighted by Crippen LogP contribution is 2.02. The number of nitrogens with zero attached hydrogens (tertiary/aromatic N) is 3. The van der Waals surface area contributed by atoms with Crippen LogP contribution in [0, 0.1) is 6.92 Å². The lowest BCUT2D eigenvalue weighted by Crippen LogP contribution is -2.24. The molecule has 0 aromatic carbocycles. The number of amides is 1. The van der Waals surface area contributed by atoms with Gasteiger partial charge in [0.05, 0.1) is 12.2 Å². The smallest absolute Gasteiger partial charge is 0.288 e. The molecule has 2 aromatic rings. The molecule has 2 heterocycles. The molecule has 7 heteroatoms. The van der Waals surface area contributed by atoms with Crippen LogP contribution in [-0.4, -0.2) is 26.1 Å². The predicted octanol–water partition coefficient (Wildman–Crippen LogP) is 0.0203. The van der Waals surface area contributed by atoms with Crippen LogP contribution in [0.2, 0.25) is 0 Å². The topological polar surface area (TPSA) is 110 Å². The van der Waals surface area contributed by atoms with Gasteiger partial charge in [-0.2, -0.15) is 4.98 Å². The molecule has 0 spiro atoms. The third kappa shape index (κ3) is 2.57. The fourth-order valence-corrected chi connectivity index (χ4v) is 1.33. The Kier molecular flexibility index (Phi) is 2.99. The summed E-state index contributed by atoms with van der Waals surface area (Å²) < 4.78 is 0. The minimum Gasteiger partial charge on any atom is -0.366 e. The van der Waals surface area contributed by atoms with Crippen molar-refractivity contribution in [3.05, 3.63) is 35.4 Å². The summed E-state index contributed by atoms with van der Waals surface area (Å²) in [4.78, 5) is 19.5. The van der Waals surface area contributed by atoms with Crippen molar-refractivity contribution in [1.29, 1.82) is 0 Å². The molecule has 0 aliphatic carbocycles. The molecule has 0 aliphatic heterocycles. The molecule has 0 saturated carbocycles.